The van der Waals surface area contributed by atoms with Crippen LogP contribution in [0.25, 0.3) is 0 Å². The zero-order valence-corrected chi connectivity index (χ0v) is 22.4. The van der Waals surface area contributed by atoms with Crippen LogP contribution in [0.5, 0.6) is 11.5 Å². The average molecular weight is 539 g/mol. The molecule has 0 fully saturated rings. The van der Waals surface area contributed by atoms with Gasteiger partial charge in [-0.05, 0) is 80.1 Å². The Morgan fingerprint density at radius 1 is 0.974 bits per heavy atom. The van der Waals surface area contributed by atoms with Crippen LogP contribution in [0.4, 0.5) is 11.4 Å². The maximum absolute atomic E-state index is 12.7. The maximum Gasteiger partial charge on any atom is 0.263 e. The molecule has 0 radical (unpaired) electrons. The predicted octanol–water partition coefficient (Wildman–Crippen LogP) is 3.33. The lowest BCUT2D eigenvalue weighted by atomic mass is 10.2. The van der Waals surface area contributed by atoms with Crippen LogP contribution in [0.2, 0.25) is 0 Å². The summed E-state index contributed by atoms with van der Waals surface area (Å²) in [5.74, 6) is 0.157. The topological polar surface area (TPSA) is 126 Å². The fraction of sp³-hybridized carbons (Fsp3) is 0.222. The monoisotopic (exact) mass is 538 g/mol. The third kappa shape index (κ3) is 8.07. The minimum Gasteiger partial charge on any atom is -0.497 e. The number of hydrazone groups is 1. The smallest absolute Gasteiger partial charge is 0.263 e. The lowest BCUT2D eigenvalue weighted by Crippen LogP contribution is -2.46. The molecule has 0 saturated carbocycles. The van der Waals surface area contributed by atoms with Crippen LogP contribution in [0.1, 0.15) is 18.1 Å². The van der Waals surface area contributed by atoms with Crippen molar-refractivity contribution < 1.29 is 27.5 Å². The van der Waals surface area contributed by atoms with Gasteiger partial charge < -0.3 is 14.8 Å². The molecule has 11 heteroatoms. The van der Waals surface area contributed by atoms with Gasteiger partial charge in [-0.25, -0.2) is 13.8 Å². The van der Waals surface area contributed by atoms with E-state index in [0.717, 1.165) is 16.1 Å². The van der Waals surface area contributed by atoms with Crippen LogP contribution in [0.3, 0.4) is 0 Å². The molecule has 0 saturated heterocycles. The standard InChI is InChI=1S/C27H30N4O6S/c1-19-5-9-22(10-6-19)29-26(32)18-37-25-13-7-21(8-14-25)17-28-30-27(33)20(2)31(38(4,34)35)23-11-15-24(36-3)16-12-23/h5-17,20H,18H2,1-4H3,(H,29,32)(H,30,33)/b28-17-/t20-/m1/s1. The van der Waals surface area contributed by atoms with Crippen LogP contribution in [0.15, 0.2) is 77.9 Å². The van der Waals surface area contributed by atoms with E-state index in [1.165, 1.54) is 20.2 Å². The Labute approximate surface area is 222 Å². The van der Waals surface area contributed by atoms with E-state index in [9.17, 15) is 18.0 Å². The third-order valence-corrected chi connectivity index (χ3v) is 6.63. The van der Waals surface area contributed by atoms with Gasteiger partial charge in [0.15, 0.2) is 6.61 Å². The molecule has 0 aliphatic heterocycles. The number of methoxy groups -OCH3 is 1. The molecular formula is C27H30N4O6S. The molecule has 3 rings (SSSR count). The van der Waals surface area contributed by atoms with Gasteiger partial charge in [0.1, 0.15) is 17.5 Å². The number of benzene rings is 3. The van der Waals surface area contributed by atoms with Gasteiger partial charge in [-0.15, -0.1) is 0 Å². The summed E-state index contributed by atoms with van der Waals surface area (Å²) in [4.78, 5) is 24.7. The van der Waals surface area contributed by atoms with E-state index >= 15 is 0 Å². The molecule has 0 aliphatic rings. The van der Waals surface area contributed by atoms with Gasteiger partial charge in [-0.1, -0.05) is 17.7 Å². The Hall–Kier alpha value is -4.38. The molecular weight excluding hydrogens is 508 g/mol. The van der Waals surface area contributed by atoms with Crippen LogP contribution < -0.4 is 24.5 Å². The molecule has 200 valence electrons. The third-order valence-electron chi connectivity index (χ3n) is 5.39. The first kappa shape index (κ1) is 28.2. The number of ether oxygens (including phenoxy) is 2. The molecule has 3 aromatic rings. The summed E-state index contributed by atoms with van der Waals surface area (Å²) < 4.78 is 36.4. The second-order valence-corrected chi connectivity index (χ2v) is 10.3. The number of aryl methyl sites for hydroxylation is 1. The maximum atomic E-state index is 12.7. The van der Waals surface area contributed by atoms with Crippen molar-refractivity contribution in [2.75, 3.05) is 29.6 Å². The SMILES string of the molecule is COc1ccc(N([C@H](C)C(=O)N/N=C\c2ccc(OCC(=O)Nc3ccc(C)cc3)cc2)S(C)(=O)=O)cc1. The number of nitrogens with zero attached hydrogens (tertiary/aromatic N) is 2. The Balaban J connectivity index is 1.53. The highest BCUT2D eigenvalue weighted by atomic mass is 32.2. The van der Waals surface area contributed by atoms with Gasteiger partial charge in [0.25, 0.3) is 11.8 Å². The van der Waals surface area contributed by atoms with E-state index in [-0.39, 0.29) is 12.5 Å². The van der Waals surface area contributed by atoms with Crippen molar-refractivity contribution in [2.45, 2.75) is 19.9 Å². The number of rotatable bonds is 11. The summed E-state index contributed by atoms with van der Waals surface area (Å²) in [5.41, 5.74) is 5.14. The zero-order chi connectivity index (χ0) is 27.7. The van der Waals surface area contributed by atoms with E-state index in [2.05, 4.69) is 15.8 Å². The number of hydrogen-bond donors (Lipinski definition) is 2. The fourth-order valence-electron chi connectivity index (χ4n) is 3.43. The van der Waals surface area contributed by atoms with E-state index in [1.807, 2.05) is 31.2 Å². The molecule has 3 aromatic carbocycles. The highest BCUT2D eigenvalue weighted by molar-refractivity contribution is 7.92. The first-order chi connectivity index (χ1) is 18.1. The van der Waals surface area contributed by atoms with Gasteiger partial charge in [0.2, 0.25) is 10.0 Å². The van der Waals surface area contributed by atoms with Crippen molar-refractivity contribution in [3.63, 3.8) is 0 Å². The molecule has 2 N–H and O–H groups in total. The minimum atomic E-state index is -3.76. The fourth-order valence-corrected chi connectivity index (χ4v) is 4.61. The lowest BCUT2D eigenvalue weighted by Gasteiger charge is -2.27. The molecule has 38 heavy (non-hydrogen) atoms. The Bertz CT molecular complexity index is 1370. The number of carbonyl (C=O) groups excluding carboxylic acids is 2. The van der Waals surface area contributed by atoms with Crippen molar-refractivity contribution in [3.8, 4) is 11.5 Å². The summed E-state index contributed by atoms with van der Waals surface area (Å²) >= 11 is 0. The Kier molecular flexibility index (Phi) is 9.44. The van der Waals surface area contributed by atoms with Crippen LogP contribution in [-0.4, -0.2) is 52.5 Å². The van der Waals surface area contributed by atoms with Crippen LogP contribution in [0, 0.1) is 6.92 Å². The van der Waals surface area contributed by atoms with Crippen molar-refractivity contribution in [3.05, 3.63) is 83.9 Å². The quantitative estimate of drug-likeness (QED) is 0.285. The Morgan fingerprint density at radius 2 is 1.58 bits per heavy atom. The van der Waals surface area contributed by atoms with Crippen LogP contribution in [-0.2, 0) is 19.6 Å². The molecule has 10 nitrogen and oxygen atoms in total. The molecule has 1 atom stereocenters. The number of amides is 2. The number of hydrogen-bond acceptors (Lipinski definition) is 7. The molecule has 0 bridgehead atoms. The molecule has 2 amide bonds. The van der Waals surface area contributed by atoms with Gasteiger partial charge in [-0.2, -0.15) is 5.10 Å². The summed E-state index contributed by atoms with van der Waals surface area (Å²) in [5, 5.41) is 6.69. The van der Waals surface area contributed by atoms with Crippen molar-refractivity contribution in [2.24, 2.45) is 5.10 Å². The zero-order valence-electron chi connectivity index (χ0n) is 21.5. The van der Waals surface area contributed by atoms with Gasteiger partial charge in [0.05, 0.1) is 25.3 Å². The van der Waals surface area contributed by atoms with E-state index in [0.29, 0.717) is 28.4 Å². The number of carbonyl (C=O) groups is 2. The number of nitrogens with one attached hydrogen (secondary N) is 2. The molecule has 0 aliphatic carbocycles. The normalized spacial score (nSPS) is 12.0. The summed E-state index contributed by atoms with van der Waals surface area (Å²) in [6, 6.07) is 19.5. The van der Waals surface area contributed by atoms with E-state index in [1.54, 1.807) is 48.5 Å². The first-order valence-corrected chi connectivity index (χ1v) is 13.5. The average Bonchev–Trinajstić information content (AvgIpc) is 2.89. The lowest BCUT2D eigenvalue weighted by molar-refractivity contribution is -0.121. The molecule has 0 spiro atoms. The molecule has 0 unspecified atom stereocenters. The van der Waals surface area contributed by atoms with E-state index in [4.69, 9.17) is 9.47 Å². The highest BCUT2D eigenvalue weighted by Gasteiger charge is 2.29. The second-order valence-electron chi connectivity index (χ2n) is 8.44. The van der Waals surface area contributed by atoms with Crippen molar-refractivity contribution in [1.82, 2.24) is 5.43 Å². The summed E-state index contributed by atoms with van der Waals surface area (Å²) in [6.07, 6.45) is 2.44. The number of sulfonamides is 1. The second kappa shape index (κ2) is 12.7. The first-order valence-electron chi connectivity index (χ1n) is 11.6. The van der Waals surface area contributed by atoms with Crippen LogP contribution >= 0.6 is 0 Å². The van der Waals surface area contributed by atoms with Gasteiger partial charge in [0, 0.05) is 5.69 Å². The largest absolute Gasteiger partial charge is 0.497 e. The van der Waals surface area contributed by atoms with Crippen molar-refractivity contribution >= 4 is 39.4 Å². The van der Waals surface area contributed by atoms with E-state index < -0.39 is 22.0 Å². The summed E-state index contributed by atoms with van der Waals surface area (Å²) in [7, 11) is -2.25. The highest BCUT2D eigenvalue weighted by Crippen LogP contribution is 2.23. The number of anilines is 2. The predicted molar refractivity (Wildman–Crippen MR) is 147 cm³/mol. The Morgan fingerprint density at radius 3 is 2.16 bits per heavy atom. The minimum absolute atomic E-state index is 0.152. The van der Waals surface area contributed by atoms with Crippen molar-refractivity contribution in [1.29, 1.82) is 0 Å². The van der Waals surface area contributed by atoms with Gasteiger partial charge >= 0.3 is 0 Å². The summed E-state index contributed by atoms with van der Waals surface area (Å²) in [6.45, 7) is 3.28. The molecule has 0 heterocycles. The van der Waals surface area contributed by atoms with Gasteiger partial charge in [-0.3, -0.25) is 13.9 Å². The molecule has 0 aromatic heterocycles.